The molecule has 12 heteroatoms. The minimum Gasteiger partial charge on any atom is -0.481 e. The number of rotatable bonds is 20. The molecule has 3 aromatic rings. The van der Waals surface area contributed by atoms with Crippen molar-refractivity contribution in [2.24, 2.45) is 0 Å². The highest BCUT2D eigenvalue weighted by Gasteiger charge is 2.32. The number of sulfonamides is 1. The Morgan fingerprint density at radius 2 is 1.58 bits per heavy atom. The summed E-state index contributed by atoms with van der Waals surface area (Å²) in [7, 11) is -3.70. The van der Waals surface area contributed by atoms with Gasteiger partial charge in [-0.1, -0.05) is 107 Å². The van der Waals surface area contributed by atoms with Crippen LogP contribution in [0, 0.1) is 0 Å². The van der Waals surface area contributed by atoms with Gasteiger partial charge in [0.15, 0.2) is 0 Å². The van der Waals surface area contributed by atoms with Crippen LogP contribution in [0.15, 0.2) is 70.6 Å². The number of thiocarbonyl (C=S) groups is 1. The number of benzene rings is 2. The molecule has 4 rings (SSSR count). The maximum absolute atomic E-state index is 13.6. The number of thioether (sulfide) groups is 1. The van der Waals surface area contributed by atoms with E-state index in [4.69, 9.17) is 22.4 Å². The first kappa shape index (κ1) is 37.5. The fourth-order valence-electron chi connectivity index (χ4n) is 5.67. The average molecular weight is 711 g/mol. The molecule has 0 radical (unpaired) electrons. The van der Waals surface area contributed by atoms with E-state index in [1.807, 2.05) is 62.5 Å². The van der Waals surface area contributed by atoms with E-state index in [0.717, 1.165) is 69.9 Å². The molecule has 1 saturated heterocycles. The summed E-state index contributed by atoms with van der Waals surface area (Å²) in [4.78, 5) is 26.6. The van der Waals surface area contributed by atoms with E-state index in [1.165, 1.54) is 16.1 Å². The number of carbonyl (C=O) groups is 2. The number of para-hydroxylation sites is 1. The molecule has 48 heavy (non-hydrogen) atoms. The van der Waals surface area contributed by atoms with Crippen LogP contribution in [0.25, 0.3) is 23.0 Å². The van der Waals surface area contributed by atoms with Crippen molar-refractivity contribution in [1.29, 1.82) is 0 Å². The Morgan fingerprint density at radius 1 is 0.938 bits per heavy atom. The summed E-state index contributed by atoms with van der Waals surface area (Å²) in [5, 5.41) is 13.6. The molecule has 0 atom stereocenters. The van der Waals surface area contributed by atoms with Crippen LogP contribution in [0.2, 0.25) is 0 Å². The standard InChI is InChI=1S/C36H46N4O5S3/c1-3-22-38(23-4-2)48(44,45)31-20-16-17-28(25-31)34-29(27-40(37-34)30-18-12-11-13-19-30)26-32-35(43)39(36(46)47-32)24-15-10-8-6-5-7-9-14-21-33(41)42/h11-13,16-20,25-27H,3-10,14-15,21-24H2,1-2H3,(H,41,42). The molecule has 0 aliphatic carbocycles. The lowest BCUT2D eigenvalue weighted by Crippen LogP contribution is -2.32. The fourth-order valence-corrected chi connectivity index (χ4v) is 8.64. The van der Waals surface area contributed by atoms with Gasteiger partial charge in [0.2, 0.25) is 10.0 Å². The summed E-state index contributed by atoms with van der Waals surface area (Å²) in [6.45, 7) is 5.40. The number of unbranched alkanes of at least 4 members (excludes halogenated alkanes) is 7. The van der Waals surface area contributed by atoms with Gasteiger partial charge in [0.1, 0.15) is 10.0 Å². The molecular formula is C36H46N4O5S3. The summed E-state index contributed by atoms with van der Waals surface area (Å²) in [6.07, 6.45) is 13.2. The van der Waals surface area contributed by atoms with E-state index >= 15 is 0 Å². The monoisotopic (exact) mass is 710 g/mol. The van der Waals surface area contributed by atoms with Gasteiger partial charge in [-0.15, -0.1) is 0 Å². The molecule has 0 bridgehead atoms. The van der Waals surface area contributed by atoms with Crippen LogP contribution in [0.5, 0.6) is 0 Å². The lowest BCUT2D eigenvalue weighted by Gasteiger charge is -2.21. The largest absolute Gasteiger partial charge is 0.481 e. The van der Waals surface area contributed by atoms with Gasteiger partial charge in [-0.05, 0) is 56.0 Å². The van der Waals surface area contributed by atoms with Crippen LogP contribution < -0.4 is 0 Å². The van der Waals surface area contributed by atoms with Crippen LogP contribution in [0.3, 0.4) is 0 Å². The molecule has 1 aliphatic rings. The van der Waals surface area contributed by atoms with E-state index in [0.29, 0.717) is 45.7 Å². The van der Waals surface area contributed by atoms with Gasteiger partial charge in [0.25, 0.3) is 5.91 Å². The summed E-state index contributed by atoms with van der Waals surface area (Å²) in [6, 6.07) is 16.5. The molecule has 0 saturated carbocycles. The Morgan fingerprint density at radius 3 is 2.23 bits per heavy atom. The molecule has 2 aromatic carbocycles. The Bertz CT molecular complexity index is 1680. The van der Waals surface area contributed by atoms with Gasteiger partial charge in [-0.2, -0.15) is 9.40 Å². The fraction of sp³-hybridized carbons (Fsp3) is 0.444. The Hall–Kier alpha value is -3.32. The zero-order valence-electron chi connectivity index (χ0n) is 27.8. The second-order valence-corrected chi connectivity index (χ2v) is 15.6. The van der Waals surface area contributed by atoms with Crippen molar-refractivity contribution in [3.8, 4) is 16.9 Å². The lowest BCUT2D eigenvalue weighted by molar-refractivity contribution is -0.137. The summed E-state index contributed by atoms with van der Waals surface area (Å²) < 4.78 is 31.1. The van der Waals surface area contributed by atoms with E-state index in [-0.39, 0.29) is 17.2 Å². The second kappa shape index (κ2) is 18.4. The smallest absolute Gasteiger partial charge is 0.303 e. The Kier molecular flexibility index (Phi) is 14.4. The quantitative estimate of drug-likeness (QED) is 0.0711. The zero-order chi connectivity index (χ0) is 34.5. The Balaban J connectivity index is 1.51. The van der Waals surface area contributed by atoms with Gasteiger partial charge < -0.3 is 5.11 Å². The van der Waals surface area contributed by atoms with E-state index in [2.05, 4.69) is 0 Å². The van der Waals surface area contributed by atoms with Crippen LogP contribution >= 0.6 is 24.0 Å². The van der Waals surface area contributed by atoms with Crippen molar-refractivity contribution in [2.75, 3.05) is 19.6 Å². The number of aromatic nitrogens is 2. The topological polar surface area (TPSA) is 113 Å². The lowest BCUT2D eigenvalue weighted by atomic mass is 10.1. The third-order valence-corrected chi connectivity index (χ3v) is 11.4. The van der Waals surface area contributed by atoms with Crippen molar-refractivity contribution in [2.45, 2.75) is 89.4 Å². The summed E-state index contributed by atoms with van der Waals surface area (Å²) in [5.74, 6) is -0.865. The van der Waals surface area contributed by atoms with Crippen LogP contribution in [-0.4, -0.2) is 68.3 Å². The maximum Gasteiger partial charge on any atom is 0.303 e. The van der Waals surface area contributed by atoms with Gasteiger partial charge in [-0.25, -0.2) is 13.1 Å². The number of hydrogen-bond acceptors (Lipinski definition) is 7. The number of amides is 1. The zero-order valence-corrected chi connectivity index (χ0v) is 30.3. The van der Waals surface area contributed by atoms with Crippen LogP contribution in [-0.2, 0) is 19.6 Å². The number of nitrogens with zero attached hydrogens (tertiary/aromatic N) is 4. The Labute approximate surface area is 294 Å². The molecular weight excluding hydrogens is 665 g/mol. The first-order valence-electron chi connectivity index (χ1n) is 16.9. The van der Waals surface area contributed by atoms with Crippen molar-refractivity contribution in [1.82, 2.24) is 19.0 Å². The molecule has 258 valence electrons. The first-order valence-corrected chi connectivity index (χ1v) is 19.5. The molecule has 1 amide bonds. The van der Waals surface area contributed by atoms with Gasteiger partial charge in [0, 0.05) is 43.4 Å². The van der Waals surface area contributed by atoms with E-state index in [9.17, 15) is 18.0 Å². The molecule has 1 fully saturated rings. The average Bonchev–Trinajstić information content (AvgIpc) is 3.61. The third-order valence-electron chi connectivity index (χ3n) is 8.14. The number of carboxylic acids is 1. The molecule has 9 nitrogen and oxygen atoms in total. The highest BCUT2D eigenvalue weighted by molar-refractivity contribution is 8.26. The van der Waals surface area contributed by atoms with Crippen LogP contribution in [0.1, 0.15) is 90.0 Å². The molecule has 0 spiro atoms. The van der Waals surface area contributed by atoms with Gasteiger partial charge in [-0.3, -0.25) is 14.5 Å². The SMILES string of the molecule is CCCN(CCC)S(=O)(=O)c1cccc(-c2nn(-c3ccccc3)cc2C=C2SC(=S)N(CCCCCCCCCCC(=O)O)C2=O)c1. The van der Waals surface area contributed by atoms with Crippen molar-refractivity contribution in [3.63, 3.8) is 0 Å². The second-order valence-electron chi connectivity index (χ2n) is 12.0. The van der Waals surface area contributed by atoms with E-state index in [1.54, 1.807) is 27.8 Å². The molecule has 1 N–H and O–H groups in total. The minimum absolute atomic E-state index is 0.132. The first-order chi connectivity index (χ1) is 23.1. The third kappa shape index (κ3) is 10.1. The highest BCUT2D eigenvalue weighted by atomic mass is 32.2. The number of carbonyl (C=O) groups excluding carboxylic acids is 1. The molecule has 2 heterocycles. The van der Waals surface area contributed by atoms with Crippen molar-refractivity contribution in [3.05, 3.63) is 71.3 Å². The van der Waals surface area contributed by atoms with Gasteiger partial charge in [0.05, 0.1) is 15.5 Å². The number of hydrogen-bond donors (Lipinski definition) is 1. The van der Waals surface area contributed by atoms with Crippen LogP contribution in [0.4, 0.5) is 0 Å². The van der Waals surface area contributed by atoms with Gasteiger partial charge >= 0.3 is 5.97 Å². The highest BCUT2D eigenvalue weighted by Crippen LogP contribution is 2.35. The van der Waals surface area contributed by atoms with Crippen molar-refractivity contribution < 1.29 is 23.1 Å². The molecule has 0 unspecified atom stereocenters. The molecule has 1 aromatic heterocycles. The predicted molar refractivity (Wildman–Crippen MR) is 197 cm³/mol. The number of aliphatic carboxylic acids is 1. The van der Waals surface area contributed by atoms with Crippen molar-refractivity contribution >= 4 is 56.3 Å². The minimum atomic E-state index is -3.70. The number of carboxylic acid groups (broad SMARTS) is 1. The predicted octanol–water partition coefficient (Wildman–Crippen LogP) is 8.15. The molecule has 1 aliphatic heterocycles. The van der Waals surface area contributed by atoms with E-state index < -0.39 is 16.0 Å². The summed E-state index contributed by atoms with van der Waals surface area (Å²) in [5.41, 5.74) is 2.74. The summed E-state index contributed by atoms with van der Waals surface area (Å²) >= 11 is 6.89. The maximum atomic E-state index is 13.6. The normalized spacial score (nSPS) is 14.5.